The summed E-state index contributed by atoms with van der Waals surface area (Å²) in [6, 6.07) is 6.50. The van der Waals surface area contributed by atoms with Crippen LogP contribution in [0.15, 0.2) is 35.1 Å². The van der Waals surface area contributed by atoms with Crippen LogP contribution in [-0.4, -0.2) is 39.3 Å². The van der Waals surface area contributed by atoms with Gasteiger partial charge in [0.25, 0.3) is 0 Å². The lowest BCUT2D eigenvalue weighted by molar-refractivity contribution is 0.227. The minimum absolute atomic E-state index is 0.114. The summed E-state index contributed by atoms with van der Waals surface area (Å²) in [6.07, 6.45) is 6.15. The third kappa shape index (κ3) is 3.82. The molecule has 128 valence electrons. The van der Waals surface area contributed by atoms with Gasteiger partial charge in [0, 0.05) is 19.0 Å². The highest BCUT2D eigenvalue weighted by Gasteiger charge is 2.24. The van der Waals surface area contributed by atoms with Gasteiger partial charge in [0.15, 0.2) is 0 Å². The molecule has 1 aliphatic heterocycles. The number of hydrogen-bond donors (Lipinski definition) is 1. The molecule has 0 spiro atoms. The van der Waals surface area contributed by atoms with Gasteiger partial charge in [-0.05, 0) is 50.6 Å². The second kappa shape index (κ2) is 7.57. The fraction of sp³-hybridized carbons (Fsp3) is 0.444. The van der Waals surface area contributed by atoms with Gasteiger partial charge in [-0.15, -0.1) is 0 Å². The standard InChI is InChI=1S/C18H23FN4O/c1-2-23-17(20-21-18(23)24)15-9-12-22(13-10-15)11-3-4-14-5-7-16(19)8-6-14/h3-8,15H,2,9-13H2,1H3,(H,21,24). The van der Waals surface area contributed by atoms with E-state index in [1.807, 2.05) is 13.0 Å². The molecular formula is C18H23FN4O. The number of rotatable bonds is 5. The maximum absolute atomic E-state index is 12.9. The van der Waals surface area contributed by atoms with Gasteiger partial charge in [0.2, 0.25) is 0 Å². The lowest BCUT2D eigenvalue weighted by Crippen LogP contribution is -2.34. The molecule has 24 heavy (non-hydrogen) atoms. The predicted octanol–water partition coefficient (Wildman–Crippen LogP) is 2.62. The largest absolute Gasteiger partial charge is 0.343 e. The number of nitrogens with one attached hydrogen (secondary N) is 1. The average molecular weight is 330 g/mol. The van der Waals surface area contributed by atoms with Crippen molar-refractivity contribution >= 4 is 6.08 Å². The number of aromatic amines is 1. The molecule has 1 aromatic carbocycles. The molecular weight excluding hydrogens is 307 g/mol. The van der Waals surface area contributed by atoms with E-state index in [-0.39, 0.29) is 11.5 Å². The molecule has 1 aromatic heterocycles. The van der Waals surface area contributed by atoms with Gasteiger partial charge in [0.1, 0.15) is 11.6 Å². The van der Waals surface area contributed by atoms with Crippen LogP contribution in [0.4, 0.5) is 4.39 Å². The molecule has 5 nitrogen and oxygen atoms in total. The van der Waals surface area contributed by atoms with Crippen LogP contribution in [0.2, 0.25) is 0 Å². The van der Waals surface area contributed by atoms with Crippen LogP contribution in [0, 0.1) is 5.82 Å². The van der Waals surface area contributed by atoms with E-state index in [9.17, 15) is 9.18 Å². The van der Waals surface area contributed by atoms with E-state index >= 15 is 0 Å². The maximum atomic E-state index is 12.9. The van der Waals surface area contributed by atoms with Gasteiger partial charge in [-0.2, -0.15) is 5.10 Å². The molecule has 0 saturated carbocycles. The van der Waals surface area contributed by atoms with Crippen molar-refractivity contribution in [3.8, 4) is 0 Å². The average Bonchev–Trinajstić information content (AvgIpc) is 2.98. The quantitative estimate of drug-likeness (QED) is 0.917. The van der Waals surface area contributed by atoms with Crippen molar-refractivity contribution in [3.63, 3.8) is 0 Å². The molecule has 6 heteroatoms. The Balaban J connectivity index is 1.52. The summed E-state index contributed by atoms with van der Waals surface area (Å²) < 4.78 is 14.6. The SMILES string of the molecule is CCn1c(C2CCN(CC=Cc3ccc(F)cc3)CC2)n[nH]c1=O. The molecule has 2 heterocycles. The number of piperidine rings is 1. The minimum Gasteiger partial charge on any atom is -0.300 e. The van der Waals surface area contributed by atoms with Crippen LogP contribution in [0.5, 0.6) is 0 Å². The molecule has 0 radical (unpaired) electrons. The van der Waals surface area contributed by atoms with Gasteiger partial charge in [-0.25, -0.2) is 14.3 Å². The summed E-state index contributed by atoms with van der Waals surface area (Å²) in [5.74, 6) is 1.03. The Morgan fingerprint density at radius 3 is 2.67 bits per heavy atom. The summed E-state index contributed by atoms with van der Waals surface area (Å²) in [7, 11) is 0. The monoisotopic (exact) mass is 330 g/mol. The minimum atomic E-state index is -0.210. The molecule has 0 amide bonds. The van der Waals surface area contributed by atoms with Crippen LogP contribution >= 0.6 is 0 Å². The summed E-state index contributed by atoms with van der Waals surface area (Å²) in [5.41, 5.74) is 0.895. The van der Waals surface area contributed by atoms with Gasteiger partial charge in [-0.1, -0.05) is 24.3 Å². The number of likely N-dealkylation sites (tertiary alicyclic amines) is 1. The molecule has 2 aromatic rings. The van der Waals surface area contributed by atoms with Crippen LogP contribution < -0.4 is 5.69 Å². The third-order valence-corrected chi connectivity index (χ3v) is 4.60. The van der Waals surface area contributed by atoms with E-state index < -0.39 is 0 Å². The Bertz CT molecular complexity index is 739. The Morgan fingerprint density at radius 2 is 2.00 bits per heavy atom. The lowest BCUT2D eigenvalue weighted by atomic mass is 9.96. The molecule has 0 bridgehead atoms. The van der Waals surface area contributed by atoms with Crippen molar-refractivity contribution in [1.82, 2.24) is 19.7 Å². The fourth-order valence-corrected chi connectivity index (χ4v) is 3.23. The first-order chi connectivity index (χ1) is 11.7. The van der Waals surface area contributed by atoms with Gasteiger partial charge in [0.05, 0.1) is 0 Å². The molecule has 3 rings (SSSR count). The van der Waals surface area contributed by atoms with Gasteiger partial charge >= 0.3 is 5.69 Å². The number of aromatic nitrogens is 3. The molecule has 0 atom stereocenters. The van der Waals surface area contributed by atoms with E-state index in [1.54, 1.807) is 16.7 Å². The van der Waals surface area contributed by atoms with E-state index in [0.717, 1.165) is 43.9 Å². The lowest BCUT2D eigenvalue weighted by Gasteiger charge is -2.30. The number of benzene rings is 1. The maximum Gasteiger partial charge on any atom is 0.343 e. The van der Waals surface area contributed by atoms with Crippen molar-refractivity contribution in [3.05, 3.63) is 58.0 Å². The zero-order chi connectivity index (χ0) is 16.9. The summed E-state index contributed by atoms with van der Waals surface area (Å²) in [4.78, 5) is 14.1. The summed E-state index contributed by atoms with van der Waals surface area (Å²) in [5, 5.41) is 6.77. The van der Waals surface area contributed by atoms with Crippen LogP contribution in [0.1, 0.15) is 37.1 Å². The van der Waals surface area contributed by atoms with Crippen LogP contribution in [-0.2, 0) is 6.54 Å². The van der Waals surface area contributed by atoms with Crippen molar-refractivity contribution in [2.24, 2.45) is 0 Å². The second-order valence-electron chi connectivity index (χ2n) is 6.16. The van der Waals surface area contributed by atoms with Crippen molar-refractivity contribution in [1.29, 1.82) is 0 Å². The van der Waals surface area contributed by atoms with E-state index in [1.165, 1.54) is 12.1 Å². The highest BCUT2D eigenvalue weighted by molar-refractivity contribution is 5.48. The van der Waals surface area contributed by atoms with Gasteiger partial charge in [-0.3, -0.25) is 9.47 Å². The summed E-state index contributed by atoms with van der Waals surface area (Å²) in [6.45, 7) is 5.48. The van der Waals surface area contributed by atoms with Crippen molar-refractivity contribution in [2.45, 2.75) is 32.2 Å². The van der Waals surface area contributed by atoms with Crippen molar-refractivity contribution < 1.29 is 4.39 Å². The molecule has 0 aliphatic carbocycles. The second-order valence-corrected chi connectivity index (χ2v) is 6.16. The number of H-pyrrole nitrogens is 1. The number of hydrogen-bond acceptors (Lipinski definition) is 3. The highest BCUT2D eigenvalue weighted by Crippen LogP contribution is 2.25. The fourth-order valence-electron chi connectivity index (χ4n) is 3.23. The molecule has 1 saturated heterocycles. The molecule has 1 aliphatic rings. The number of halogens is 1. The zero-order valence-corrected chi connectivity index (χ0v) is 13.9. The van der Waals surface area contributed by atoms with Crippen LogP contribution in [0.25, 0.3) is 6.08 Å². The Kier molecular flexibility index (Phi) is 5.25. The Morgan fingerprint density at radius 1 is 1.29 bits per heavy atom. The first kappa shape index (κ1) is 16.6. The van der Waals surface area contributed by atoms with Crippen molar-refractivity contribution in [2.75, 3.05) is 19.6 Å². The summed E-state index contributed by atoms with van der Waals surface area (Å²) >= 11 is 0. The topological polar surface area (TPSA) is 53.9 Å². The predicted molar refractivity (Wildman–Crippen MR) is 92.4 cm³/mol. The first-order valence-corrected chi connectivity index (χ1v) is 8.47. The Labute approximate surface area is 140 Å². The smallest absolute Gasteiger partial charge is 0.300 e. The number of nitrogens with zero attached hydrogens (tertiary/aromatic N) is 3. The zero-order valence-electron chi connectivity index (χ0n) is 13.9. The highest BCUT2D eigenvalue weighted by atomic mass is 19.1. The third-order valence-electron chi connectivity index (χ3n) is 4.60. The molecule has 1 fully saturated rings. The van der Waals surface area contributed by atoms with Gasteiger partial charge < -0.3 is 0 Å². The molecule has 0 unspecified atom stereocenters. The Hall–Kier alpha value is -2.21. The van der Waals surface area contributed by atoms with E-state index in [2.05, 4.69) is 21.2 Å². The normalized spacial score (nSPS) is 16.9. The van der Waals surface area contributed by atoms with Crippen LogP contribution in [0.3, 0.4) is 0 Å². The van der Waals surface area contributed by atoms with E-state index in [4.69, 9.17) is 0 Å². The molecule has 1 N–H and O–H groups in total. The first-order valence-electron chi connectivity index (χ1n) is 8.47. The van der Waals surface area contributed by atoms with E-state index in [0.29, 0.717) is 12.5 Å².